The van der Waals surface area contributed by atoms with Crippen molar-refractivity contribution in [3.63, 3.8) is 0 Å². The van der Waals surface area contributed by atoms with Crippen molar-refractivity contribution in [2.24, 2.45) is 11.8 Å². The minimum absolute atomic E-state index is 0.307. The van der Waals surface area contributed by atoms with Gasteiger partial charge in [0.05, 0.1) is 6.10 Å². The molecule has 0 aliphatic heterocycles. The summed E-state index contributed by atoms with van der Waals surface area (Å²) in [6, 6.07) is 0. The lowest BCUT2D eigenvalue weighted by atomic mass is 9.88. The summed E-state index contributed by atoms with van der Waals surface area (Å²) in [7, 11) is 0. The van der Waals surface area contributed by atoms with Gasteiger partial charge in [0.25, 0.3) is 0 Å². The monoisotopic (exact) mass is 206 g/mol. The first kappa shape index (κ1) is 12.3. The van der Waals surface area contributed by atoms with Crippen molar-refractivity contribution in [3.05, 3.63) is 36.0 Å². The average Bonchev–Trinajstić information content (AvgIpc) is 2.18. The predicted molar refractivity (Wildman–Crippen MR) is 65.6 cm³/mol. The molecular formula is C14H22O. The largest absolute Gasteiger partial charge is 0.389 e. The van der Waals surface area contributed by atoms with E-state index in [1.807, 2.05) is 19.1 Å². The Labute approximate surface area is 93.2 Å². The molecule has 0 spiro atoms. The molecule has 84 valence electrons. The zero-order chi connectivity index (χ0) is 11.3. The minimum Gasteiger partial charge on any atom is -0.389 e. The third-order valence-electron chi connectivity index (χ3n) is 2.92. The molecule has 1 aliphatic rings. The fourth-order valence-corrected chi connectivity index (χ4v) is 1.91. The SMILES string of the molecule is CC=CC(O)CC(C)C1=CCC(C)C=C1. The molecular weight excluding hydrogens is 184 g/mol. The number of aliphatic hydroxyl groups is 1. The Kier molecular flexibility index (Phi) is 4.83. The van der Waals surface area contributed by atoms with Crippen molar-refractivity contribution in [1.82, 2.24) is 0 Å². The summed E-state index contributed by atoms with van der Waals surface area (Å²) >= 11 is 0. The van der Waals surface area contributed by atoms with Crippen LogP contribution in [0.1, 0.15) is 33.6 Å². The Balaban J connectivity index is 2.47. The van der Waals surface area contributed by atoms with Crippen LogP contribution in [-0.2, 0) is 0 Å². The zero-order valence-electron chi connectivity index (χ0n) is 9.98. The van der Waals surface area contributed by atoms with E-state index in [-0.39, 0.29) is 6.10 Å². The molecule has 0 bridgehead atoms. The number of aliphatic hydroxyl groups excluding tert-OH is 1. The maximum atomic E-state index is 9.66. The standard InChI is InChI=1S/C14H22O/c1-4-5-14(15)10-12(3)13-8-6-11(2)7-9-13/h4-6,8-9,11-12,14-15H,7,10H2,1-3H3. The molecule has 3 atom stereocenters. The van der Waals surface area contributed by atoms with Gasteiger partial charge in [0, 0.05) is 0 Å². The first-order chi connectivity index (χ1) is 7.13. The van der Waals surface area contributed by atoms with Gasteiger partial charge in [-0.25, -0.2) is 0 Å². The molecule has 0 aromatic rings. The smallest absolute Gasteiger partial charge is 0.0726 e. The van der Waals surface area contributed by atoms with Crippen LogP contribution >= 0.6 is 0 Å². The summed E-state index contributed by atoms with van der Waals surface area (Å²) in [5, 5.41) is 9.66. The number of allylic oxidation sites excluding steroid dienone is 5. The summed E-state index contributed by atoms with van der Waals surface area (Å²) in [6.07, 6.45) is 12.2. The molecule has 1 nitrogen and oxygen atoms in total. The van der Waals surface area contributed by atoms with Crippen molar-refractivity contribution in [2.75, 3.05) is 0 Å². The summed E-state index contributed by atoms with van der Waals surface area (Å²) in [5.74, 6) is 1.11. The first-order valence-electron chi connectivity index (χ1n) is 5.82. The van der Waals surface area contributed by atoms with Gasteiger partial charge in [0.2, 0.25) is 0 Å². The fourth-order valence-electron chi connectivity index (χ4n) is 1.91. The quantitative estimate of drug-likeness (QED) is 0.698. The van der Waals surface area contributed by atoms with E-state index in [0.29, 0.717) is 11.8 Å². The Bertz CT molecular complexity index is 273. The van der Waals surface area contributed by atoms with Gasteiger partial charge in [-0.15, -0.1) is 0 Å². The second kappa shape index (κ2) is 5.92. The lowest BCUT2D eigenvalue weighted by Gasteiger charge is -2.19. The molecule has 0 heterocycles. The second-order valence-corrected chi connectivity index (χ2v) is 4.51. The van der Waals surface area contributed by atoms with Crippen LogP contribution in [0, 0.1) is 11.8 Å². The molecule has 0 aromatic heterocycles. The van der Waals surface area contributed by atoms with E-state index in [0.717, 1.165) is 12.8 Å². The van der Waals surface area contributed by atoms with Crippen LogP contribution in [-0.4, -0.2) is 11.2 Å². The third-order valence-corrected chi connectivity index (χ3v) is 2.92. The topological polar surface area (TPSA) is 20.2 Å². The molecule has 0 saturated heterocycles. The zero-order valence-corrected chi connectivity index (χ0v) is 9.98. The molecule has 0 amide bonds. The first-order valence-corrected chi connectivity index (χ1v) is 5.82. The minimum atomic E-state index is -0.307. The molecule has 0 saturated carbocycles. The van der Waals surface area contributed by atoms with Crippen LogP contribution in [0.4, 0.5) is 0 Å². The van der Waals surface area contributed by atoms with Crippen molar-refractivity contribution < 1.29 is 5.11 Å². The highest BCUT2D eigenvalue weighted by Gasteiger charge is 2.13. The van der Waals surface area contributed by atoms with E-state index in [1.54, 1.807) is 0 Å². The molecule has 0 radical (unpaired) electrons. The van der Waals surface area contributed by atoms with Gasteiger partial charge in [-0.05, 0) is 37.2 Å². The average molecular weight is 206 g/mol. The number of rotatable bonds is 4. The molecule has 15 heavy (non-hydrogen) atoms. The summed E-state index contributed by atoms with van der Waals surface area (Å²) < 4.78 is 0. The lowest BCUT2D eigenvalue weighted by Crippen LogP contribution is -2.11. The molecule has 0 aromatic carbocycles. The van der Waals surface area contributed by atoms with E-state index < -0.39 is 0 Å². The molecule has 0 fully saturated rings. The van der Waals surface area contributed by atoms with Gasteiger partial charge in [-0.1, -0.05) is 44.2 Å². The predicted octanol–water partition coefficient (Wildman–Crippen LogP) is 3.47. The van der Waals surface area contributed by atoms with Crippen LogP contribution in [0.3, 0.4) is 0 Å². The fraction of sp³-hybridized carbons (Fsp3) is 0.571. The van der Waals surface area contributed by atoms with Crippen LogP contribution in [0.5, 0.6) is 0 Å². The molecule has 1 N–H and O–H groups in total. The summed E-state index contributed by atoms with van der Waals surface area (Å²) in [6.45, 7) is 6.34. The maximum absolute atomic E-state index is 9.66. The van der Waals surface area contributed by atoms with E-state index in [9.17, 15) is 5.11 Å². The Hall–Kier alpha value is -0.820. The van der Waals surface area contributed by atoms with E-state index in [4.69, 9.17) is 0 Å². The molecule has 1 aliphatic carbocycles. The van der Waals surface area contributed by atoms with Crippen molar-refractivity contribution in [3.8, 4) is 0 Å². The van der Waals surface area contributed by atoms with Gasteiger partial charge < -0.3 is 5.11 Å². The Morgan fingerprint density at radius 3 is 2.87 bits per heavy atom. The van der Waals surface area contributed by atoms with Crippen molar-refractivity contribution >= 4 is 0 Å². The van der Waals surface area contributed by atoms with Crippen LogP contribution in [0.25, 0.3) is 0 Å². The van der Waals surface area contributed by atoms with E-state index in [2.05, 4.69) is 32.1 Å². The Morgan fingerprint density at radius 2 is 2.33 bits per heavy atom. The van der Waals surface area contributed by atoms with Crippen molar-refractivity contribution in [1.29, 1.82) is 0 Å². The second-order valence-electron chi connectivity index (χ2n) is 4.51. The molecule has 1 heteroatoms. The van der Waals surface area contributed by atoms with Gasteiger partial charge in [0.1, 0.15) is 0 Å². The highest BCUT2D eigenvalue weighted by molar-refractivity contribution is 5.25. The van der Waals surface area contributed by atoms with Crippen LogP contribution < -0.4 is 0 Å². The van der Waals surface area contributed by atoms with Crippen LogP contribution in [0.15, 0.2) is 36.0 Å². The highest BCUT2D eigenvalue weighted by atomic mass is 16.3. The van der Waals surface area contributed by atoms with Crippen LogP contribution in [0.2, 0.25) is 0 Å². The lowest BCUT2D eigenvalue weighted by molar-refractivity contribution is 0.198. The molecule has 1 rings (SSSR count). The number of hydrogen-bond donors (Lipinski definition) is 1. The normalized spacial score (nSPS) is 25.3. The van der Waals surface area contributed by atoms with Gasteiger partial charge >= 0.3 is 0 Å². The van der Waals surface area contributed by atoms with Gasteiger partial charge in [0.15, 0.2) is 0 Å². The Morgan fingerprint density at radius 1 is 1.60 bits per heavy atom. The van der Waals surface area contributed by atoms with E-state index >= 15 is 0 Å². The molecule has 3 unspecified atom stereocenters. The van der Waals surface area contributed by atoms with Gasteiger partial charge in [-0.3, -0.25) is 0 Å². The summed E-state index contributed by atoms with van der Waals surface area (Å²) in [4.78, 5) is 0. The van der Waals surface area contributed by atoms with E-state index in [1.165, 1.54) is 5.57 Å². The summed E-state index contributed by atoms with van der Waals surface area (Å²) in [5.41, 5.74) is 1.37. The maximum Gasteiger partial charge on any atom is 0.0726 e. The van der Waals surface area contributed by atoms with Crippen molar-refractivity contribution in [2.45, 2.75) is 39.7 Å². The number of hydrogen-bond acceptors (Lipinski definition) is 1. The van der Waals surface area contributed by atoms with Gasteiger partial charge in [-0.2, -0.15) is 0 Å². The third kappa shape index (κ3) is 4.05. The highest BCUT2D eigenvalue weighted by Crippen LogP contribution is 2.24.